The zero-order chi connectivity index (χ0) is 17.4. The van der Waals surface area contributed by atoms with E-state index in [9.17, 15) is 5.11 Å². The quantitative estimate of drug-likeness (QED) is 0.584. The predicted molar refractivity (Wildman–Crippen MR) is 108 cm³/mol. The minimum Gasteiger partial charge on any atom is -1.00 e. The molecule has 26 heavy (non-hydrogen) atoms. The smallest absolute Gasteiger partial charge is 0.275 e. The normalized spacial score (nSPS) is 22.7. The molecular formula is C20H21Br3N2O. The number of rotatable bonds is 2. The van der Waals surface area contributed by atoms with Crippen LogP contribution in [0, 0.1) is 0 Å². The summed E-state index contributed by atoms with van der Waals surface area (Å²) in [5.74, 6) is 1.24. The zero-order valence-electron chi connectivity index (χ0n) is 14.3. The van der Waals surface area contributed by atoms with Crippen molar-refractivity contribution in [3.8, 4) is 0 Å². The molecule has 2 heterocycles. The van der Waals surface area contributed by atoms with Gasteiger partial charge in [-0.1, -0.05) is 44.0 Å². The maximum atomic E-state index is 11.8. The number of anilines is 1. The SMILES string of the molecule is OC1(c2ccc(Br)cc2)C[N+]2=C(CCCCC2)N1c1ccc(Br)cc1.[Br-]. The van der Waals surface area contributed by atoms with Crippen LogP contribution in [0.25, 0.3) is 0 Å². The average molecular weight is 545 g/mol. The van der Waals surface area contributed by atoms with Crippen LogP contribution in [-0.4, -0.2) is 28.6 Å². The lowest BCUT2D eigenvalue weighted by atomic mass is 10.00. The minimum absolute atomic E-state index is 0. The Bertz CT molecular complexity index is 805. The van der Waals surface area contributed by atoms with E-state index < -0.39 is 5.72 Å². The van der Waals surface area contributed by atoms with Gasteiger partial charge in [-0.25, -0.2) is 0 Å². The summed E-state index contributed by atoms with van der Waals surface area (Å²) < 4.78 is 4.44. The van der Waals surface area contributed by atoms with Crippen molar-refractivity contribution in [2.45, 2.75) is 31.4 Å². The first-order valence-corrected chi connectivity index (χ1v) is 10.3. The molecule has 0 saturated carbocycles. The number of halogens is 3. The number of hydrogen-bond acceptors (Lipinski definition) is 2. The lowest BCUT2D eigenvalue weighted by molar-refractivity contribution is -0.534. The van der Waals surface area contributed by atoms with Gasteiger partial charge >= 0.3 is 0 Å². The van der Waals surface area contributed by atoms with Gasteiger partial charge in [0.2, 0.25) is 0 Å². The highest BCUT2D eigenvalue weighted by Gasteiger charge is 2.53. The molecule has 6 heteroatoms. The monoisotopic (exact) mass is 542 g/mol. The Hall–Kier alpha value is -0.690. The first-order valence-electron chi connectivity index (χ1n) is 8.73. The summed E-state index contributed by atoms with van der Waals surface area (Å²) in [6.45, 7) is 1.63. The van der Waals surface area contributed by atoms with Crippen molar-refractivity contribution in [3.63, 3.8) is 0 Å². The molecule has 1 unspecified atom stereocenters. The van der Waals surface area contributed by atoms with Crippen LogP contribution in [-0.2, 0) is 5.72 Å². The number of nitrogens with zero attached hydrogens (tertiary/aromatic N) is 2. The van der Waals surface area contributed by atoms with Crippen LogP contribution in [0.4, 0.5) is 5.69 Å². The molecular weight excluding hydrogens is 524 g/mol. The molecule has 0 bridgehead atoms. The lowest BCUT2D eigenvalue weighted by Gasteiger charge is -2.29. The molecule has 138 valence electrons. The molecule has 0 aliphatic carbocycles. The highest BCUT2D eigenvalue weighted by Crippen LogP contribution is 2.38. The first-order chi connectivity index (χ1) is 12.1. The third-order valence-corrected chi connectivity index (χ3v) is 6.18. The van der Waals surface area contributed by atoms with Crippen LogP contribution in [0.5, 0.6) is 0 Å². The number of hydrogen-bond donors (Lipinski definition) is 1. The van der Waals surface area contributed by atoms with E-state index in [1.807, 2.05) is 36.4 Å². The summed E-state index contributed by atoms with van der Waals surface area (Å²) >= 11 is 7.01. The van der Waals surface area contributed by atoms with E-state index in [-0.39, 0.29) is 17.0 Å². The van der Waals surface area contributed by atoms with E-state index in [2.05, 4.69) is 53.5 Å². The highest BCUT2D eigenvalue weighted by atomic mass is 79.9. The van der Waals surface area contributed by atoms with E-state index in [0.29, 0.717) is 6.54 Å². The summed E-state index contributed by atoms with van der Waals surface area (Å²) in [5, 5.41) is 11.8. The van der Waals surface area contributed by atoms with Crippen molar-refractivity contribution in [1.82, 2.24) is 0 Å². The molecule has 0 saturated heterocycles. The Morgan fingerprint density at radius 1 is 0.885 bits per heavy atom. The van der Waals surface area contributed by atoms with Crippen LogP contribution in [0.3, 0.4) is 0 Å². The van der Waals surface area contributed by atoms with Crippen LogP contribution >= 0.6 is 31.9 Å². The van der Waals surface area contributed by atoms with Crippen molar-refractivity contribution >= 4 is 43.4 Å². The van der Waals surface area contributed by atoms with Crippen molar-refractivity contribution < 1.29 is 26.7 Å². The minimum atomic E-state index is -1.04. The van der Waals surface area contributed by atoms with Crippen molar-refractivity contribution in [3.05, 3.63) is 63.0 Å². The molecule has 4 rings (SSSR count). The number of amidine groups is 1. The van der Waals surface area contributed by atoms with Gasteiger partial charge in [0.25, 0.3) is 11.6 Å². The molecule has 0 fully saturated rings. The topological polar surface area (TPSA) is 26.5 Å². The van der Waals surface area contributed by atoms with Crippen molar-refractivity contribution in [2.75, 3.05) is 18.0 Å². The molecule has 2 aromatic rings. The molecule has 0 aromatic heterocycles. The van der Waals surface area contributed by atoms with E-state index in [1.54, 1.807) is 0 Å². The average Bonchev–Trinajstić information content (AvgIpc) is 2.74. The maximum absolute atomic E-state index is 11.8. The third kappa shape index (κ3) is 3.66. The molecule has 0 spiro atoms. The van der Waals surface area contributed by atoms with Gasteiger partial charge in [0.05, 0.1) is 6.54 Å². The molecule has 1 N–H and O–H groups in total. The fourth-order valence-electron chi connectivity index (χ4n) is 3.91. The lowest BCUT2D eigenvalue weighted by Crippen LogP contribution is -3.00. The molecule has 0 amide bonds. The molecule has 1 atom stereocenters. The van der Waals surface area contributed by atoms with Crippen molar-refractivity contribution in [1.29, 1.82) is 0 Å². The Kier molecular flexibility index (Phi) is 6.27. The summed E-state index contributed by atoms with van der Waals surface area (Å²) in [4.78, 5) is 2.15. The zero-order valence-corrected chi connectivity index (χ0v) is 19.1. The second-order valence-electron chi connectivity index (χ2n) is 6.78. The van der Waals surface area contributed by atoms with Gasteiger partial charge in [0.15, 0.2) is 6.54 Å². The largest absolute Gasteiger partial charge is 1.00 e. The molecule has 0 radical (unpaired) electrons. The van der Waals surface area contributed by atoms with Gasteiger partial charge in [-0.3, -0.25) is 4.58 Å². The van der Waals surface area contributed by atoms with Gasteiger partial charge in [-0.05, 0) is 55.7 Å². The Morgan fingerprint density at radius 3 is 2.15 bits per heavy atom. The van der Waals surface area contributed by atoms with Crippen LogP contribution in [0.1, 0.15) is 31.2 Å². The van der Waals surface area contributed by atoms with E-state index in [0.717, 1.165) is 33.2 Å². The van der Waals surface area contributed by atoms with Gasteiger partial charge < -0.3 is 22.1 Å². The van der Waals surface area contributed by atoms with Gasteiger partial charge in [-0.15, -0.1) is 0 Å². The van der Waals surface area contributed by atoms with Crippen LogP contribution < -0.4 is 21.9 Å². The van der Waals surface area contributed by atoms with Gasteiger partial charge in [0.1, 0.15) is 5.69 Å². The second-order valence-corrected chi connectivity index (χ2v) is 8.62. The highest BCUT2D eigenvalue weighted by molar-refractivity contribution is 9.10. The number of aliphatic hydroxyl groups is 1. The Labute approximate surface area is 181 Å². The van der Waals surface area contributed by atoms with Crippen LogP contribution in [0.15, 0.2) is 57.5 Å². The van der Waals surface area contributed by atoms with E-state index in [1.165, 1.54) is 25.1 Å². The summed E-state index contributed by atoms with van der Waals surface area (Å²) in [6, 6.07) is 16.3. The Balaban J connectivity index is 0.00000196. The first kappa shape index (κ1) is 20.1. The summed E-state index contributed by atoms with van der Waals surface area (Å²) in [7, 11) is 0. The van der Waals surface area contributed by atoms with Gasteiger partial charge in [0, 0.05) is 20.9 Å². The summed E-state index contributed by atoms with van der Waals surface area (Å²) in [5.41, 5.74) is 0.925. The Morgan fingerprint density at radius 2 is 1.50 bits per heavy atom. The van der Waals surface area contributed by atoms with Crippen molar-refractivity contribution in [2.24, 2.45) is 0 Å². The molecule has 3 nitrogen and oxygen atoms in total. The second kappa shape index (κ2) is 8.13. The van der Waals surface area contributed by atoms with E-state index in [4.69, 9.17) is 0 Å². The van der Waals surface area contributed by atoms with E-state index >= 15 is 0 Å². The summed E-state index contributed by atoms with van der Waals surface area (Å²) in [6.07, 6.45) is 4.63. The fraction of sp³-hybridized carbons (Fsp3) is 0.350. The maximum Gasteiger partial charge on any atom is 0.275 e. The predicted octanol–water partition coefficient (Wildman–Crippen LogP) is 1.87. The standard InChI is InChI=1S/C20H21Br2N2O.BrH/c21-16-7-5-15(6-8-16)20(25)14-23-13-3-1-2-4-19(23)24(20)18-11-9-17(22)10-12-18;/h5-12,25H,1-4,13-14H2;1H/q+1;/p-1. The van der Waals surface area contributed by atoms with Crippen LogP contribution in [0.2, 0.25) is 0 Å². The number of benzene rings is 2. The fourth-order valence-corrected chi connectivity index (χ4v) is 4.44. The third-order valence-electron chi connectivity index (χ3n) is 5.12. The molecule has 2 aliphatic heterocycles. The molecule has 2 aromatic carbocycles. The van der Waals surface area contributed by atoms with Gasteiger partial charge in [-0.2, -0.15) is 4.90 Å². The molecule has 2 aliphatic rings.